The number of halogens is 3. The van der Waals surface area contributed by atoms with Crippen molar-refractivity contribution in [2.45, 2.75) is 19.7 Å². The van der Waals surface area contributed by atoms with E-state index in [0.29, 0.717) is 0 Å². The summed E-state index contributed by atoms with van der Waals surface area (Å²) in [6, 6.07) is 12.2. The van der Waals surface area contributed by atoms with Crippen molar-refractivity contribution in [3.05, 3.63) is 82.1 Å². The van der Waals surface area contributed by atoms with Crippen molar-refractivity contribution >= 4 is 16.9 Å². The van der Waals surface area contributed by atoms with E-state index in [-0.39, 0.29) is 47.2 Å². The molecule has 0 fully saturated rings. The lowest BCUT2D eigenvalue weighted by Gasteiger charge is -2.15. The minimum atomic E-state index is -5.05. The molecule has 11 heteroatoms. The molecule has 4 rings (SSSR count). The number of aromatic carboxylic acids is 1. The highest BCUT2D eigenvalue weighted by atomic mass is 19.4. The summed E-state index contributed by atoms with van der Waals surface area (Å²) in [7, 11) is 0. The van der Waals surface area contributed by atoms with E-state index in [0.717, 1.165) is 6.07 Å². The number of furan rings is 1. The van der Waals surface area contributed by atoms with E-state index >= 15 is 0 Å². The molecule has 8 nitrogen and oxygen atoms in total. The molecule has 0 bridgehead atoms. The Morgan fingerprint density at radius 2 is 1.74 bits per heavy atom. The van der Waals surface area contributed by atoms with Crippen molar-refractivity contribution in [1.82, 2.24) is 0 Å². The lowest BCUT2D eigenvalue weighted by atomic mass is 10.2. The van der Waals surface area contributed by atoms with Gasteiger partial charge in [-0.2, -0.15) is 13.2 Å². The van der Waals surface area contributed by atoms with Crippen molar-refractivity contribution in [2.24, 2.45) is 0 Å². The predicted molar refractivity (Wildman–Crippen MR) is 113 cm³/mol. The molecule has 2 aromatic carbocycles. The van der Waals surface area contributed by atoms with Crippen LogP contribution in [0.4, 0.5) is 13.2 Å². The number of carbonyl (C=O) groups is 1. The summed E-state index contributed by atoms with van der Waals surface area (Å²) in [5.41, 5.74) is -1.43. The molecule has 0 aliphatic rings. The highest BCUT2D eigenvalue weighted by Gasteiger charge is 2.40. The zero-order chi connectivity index (χ0) is 25.2. The van der Waals surface area contributed by atoms with Gasteiger partial charge in [-0.15, -0.1) is 0 Å². The quantitative estimate of drug-likeness (QED) is 0.355. The summed E-state index contributed by atoms with van der Waals surface area (Å²) in [4.78, 5) is 23.8. The molecule has 2 heterocycles. The fourth-order valence-corrected chi connectivity index (χ4v) is 3.16. The van der Waals surface area contributed by atoms with Gasteiger partial charge in [-0.25, -0.2) is 0 Å². The Kier molecular flexibility index (Phi) is 6.41. The van der Waals surface area contributed by atoms with Crippen LogP contribution in [0, 0.1) is 0 Å². The summed E-state index contributed by atoms with van der Waals surface area (Å²) in [6.45, 7) is 1.69. The molecule has 0 spiro atoms. The molecule has 0 N–H and O–H groups in total. The number of carboxylic acids is 1. The Labute approximate surface area is 195 Å². The molecular formula is C24H16F3O8-. The number of carbonyl (C=O) groups excluding carboxylic acids is 1. The molecule has 0 saturated heterocycles. The van der Waals surface area contributed by atoms with Crippen LogP contribution in [0.5, 0.6) is 23.0 Å². The van der Waals surface area contributed by atoms with Gasteiger partial charge in [-0.05, 0) is 43.3 Å². The van der Waals surface area contributed by atoms with Gasteiger partial charge >= 0.3 is 6.18 Å². The molecule has 182 valence electrons. The number of alkyl halides is 3. The monoisotopic (exact) mass is 489 g/mol. The summed E-state index contributed by atoms with van der Waals surface area (Å²) in [6.07, 6.45) is -5.05. The third kappa shape index (κ3) is 5.08. The van der Waals surface area contributed by atoms with Crippen LogP contribution in [0.25, 0.3) is 11.0 Å². The third-order valence-electron chi connectivity index (χ3n) is 4.68. The second kappa shape index (κ2) is 9.45. The molecule has 0 unspecified atom stereocenters. The molecule has 0 saturated carbocycles. The van der Waals surface area contributed by atoms with E-state index < -0.39 is 34.8 Å². The van der Waals surface area contributed by atoms with E-state index in [4.69, 9.17) is 23.0 Å². The third-order valence-corrected chi connectivity index (χ3v) is 4.68. The molecule has 0 radical (unpaired) electrons. The van der Waals surface area contributed by atoms with Crippen LogP contribution in [-0.4, -0.2) is 12.6 Å². The Morgan fingerprint density at radius 3 is 2.40 bits per heavy atom. The van der Waals surface area contributed by atoms with Crippen molar-refractivity contribution in [3.63, 3.8) is 0 Å². The average Bonchev–Trinajstić information content (AvgIpc) is 3.29. The van der Waals surface area contributed by atoms with Crippen molar-refractivity contribution < 1.29 is 46.1 Å². The maximum absolute atomic E-state index is 13.8. The van der Waals surface area contributed by atoms with E-state index in [1.165, 1.54) is 42.5 Å². The van der Waals surface area contributed by atoms with Gasteiger partial charge in [0.05, 0.1) is 12.0 Å². The maximum atomic E-state index is 13.8. The van der Waals surface area contributed by atoms with Crippen molar-refractivity contribution in [3.8, 4) is 23.0 Å². The van der Waals surface area contributed by atoms with Gasteiger partial charge in [0, 0.05) is 6.07 Å². The smallest absolute Gasteiger partial charge is 0.453 e. The Balaban J connectivity index is 1.70. The van der Waals surface area contributed by atoms with Crippen LogP contribution >= 0.6 is 0 Å². The van der Waals surface area contributed by atoms with Gasteiger partial charge in [0.25, 0.3) is 5.76 Å². The predicted octanol–water partition coefficient (Wildman–Crippen LogP) is 4.54. The molecule has 0 amide bonds. The second-order valence-electron chi connectivity index (χ2n) is 7.07. The SMILES string of the molecule is CCOc1ccccc1Oc1c(C(F)(F)F)oc2cc(OCc3ccc(C(=O)[O-])o3)ccc2c1=O. The highest BCUT2D eigenvalue weighted by Crippen LogP contribution is 2.40. The van der Waals surface area contributed by atoms with E-state index in [1.807, 2.05) is 0 Å². The molecule has 2 aromatic heterocycles. The number of para-hydroxylation sites is 2. The van der Waals surface area contributed by atoms with Crippen LogP contribution in [-0.2, 0) is 12.8 Å². The summed E-state index contributed by atoms with van der Waals surface area (Å²) in [5, 5.41) is 10.6. The first kappa shape index (κ1) is 23.7. The molecule has 35 heavy (non-hydrogen) atoms. The number of ether oxygens (including phenoxy) is 3. The standard InChI is InChI=1S/C24H17F3O8/c1-2-31-16-5-3-4-6-17(16)34-21-20(28)15-9-7-13(11-19(15)35-22(21)24(25,26)27)32-12-14-8-10-18(33-14)23(29)30/h3-11H,2,12H2,1H3,(H,29,30)/p-1. The highest BCUT2D eigenvalue weighted by molar-refractivity contribution is 5.82. The zero-order valence-electron chi connectivity index (χ0n) is 18.0. The number of rotatable bonds is 8. The second-order valence-corrected chi connectivity index (χ2v) is 7.07. The Morgan fingerprint density at radius 1 is 1.00 bits per heavy atom. The first-order valence-corrected chi connectivity index (χ1v) is 10.2. The van der Waals surface area contributed by atoms with Crippen molar-refractivity contribution in [2.75, 3.05) is 6.61 Å². The maximum Gasteiger partial charge on any atom is 0.453 e. The fraction of sp³-hybridized carbons (Fsp3) is 0.167. The van der Waals surface area contributed by atoms with Crippen LogP contribution in [0.3, 0.4) is 0 Å². The van der Waals surface area contributed by atoms with Gasteiger partial charge in [0.2, 0.25) is 11.2 Å². The Hall–Kier alpha value is -4.41. The number of hydrogen-bond acceptors (Lipinski definition) is 8. The molecule has 0 aliphatic carbocycles. The van der Waals surface area contributed by atoms with Gasteiger partial charge in [0.15, 0.2) is 11.5 Å². The number of carboxylic acid groups (broad SMARTS) is 1. The van der Waals surface area contributed by atoms with Crippen molar-refractivity contribution in [1.29, 1.82) is 0 Å². The minimum absolute atomic E-state index is 0.0514. The van der Waals surface area contributed by atoms with E-state index in [2.05, 4.69) is 0 Å². The van der Waals surface area contributed by atoms with E-state index in [9.17, 15) is 27.9 Å². The summed E-state index contributed by atoms with van der Waals surface area (Å²) in [5.74, 6) is -4.30. The van der Waals surface area contributed by atoms with Gasteiger partial charge in [-0.1, -0.05) is 12.1 Å². The number of hydrogen-bond donors (Lipinski definition) is 0. The summed E-state index contributed by atoms with van der Waals surface area (Å²) >= 11 is 0. The number of benzene rings is 2. The lowest BCUT2D eigenvalue weighted by Crippen LogP contribution is -2.21. The number of fused-ring (bicyclic) bond motifs is 1. The Bertz CT molecular complexity index is 1430. The van der Waals surface area contributed by atoms with Crippen LogP contribution in [0.1, 0.15) is 29.0 Å². The van der Waals surface area contributed by atoms with Crippen LogP contribution < -0.4 is 24.7 Å². The van der Waals surface area contributed by atoms with Crippen LogP contribution in [0.2, 0.25) is 0 Å². The molecule has 0 aliphatic heterocycles. The lowest BCUT2D eigenvalue weighted by molar-refractivity contribution is -0.257. The van der Waals surface area contributed by atoms with Gasteiger partial charge < -0.3 is 32.9 Å². The minimum Gasteiger partial charge on any atom is -0.542 e. The normalized spacial score (nSPS) is 11.4. The largest absolute Gasteiger partial charge is 0.542 e. The summed E-state index contributed by atoms with van der Waals surface area (Å²) < 4.78 is 67.6. The first-order valence-electron chi connectivity index (χ1n) is 10.2. The molecule has 4 aromatic rings. The molecule has 0 atom stereocenters. The zero-order valence-corrected chi connectivity index (χ0v) is 18.0. The molecular weight excluding hydrogens is 473 g/mol. The van der Waals surface area contributed by atoms with Gasteiger partial charge in [-0.3, -0.25) is 4.79 Å². The van der Waals surface area contributed by atoms with E-state index in [1.54, 1.807) is 13.0 Å². The fourth-order valence-electron chi connectivity index (χ4n) is 3.16. The van der Waals surface area contributed by atoms with Gasteiger partial charge in [0.1, 0.15) is 35.4 Å². The first-order chi connectivity index (χ1) is 16.7. The van der Waals surface area contributed by atoms with Crippen LogP contribution in [0.15, 0.2) is 68.2 Å². The average molecular weight is 489 g/mol. The topological polar surface area (TPSA) is 111 Å².